The Labute approximate surface area is 730 Å². The van der Waals surface area contributed by atoms with Gasteiger partial charge in [0.15, 0.2) is 16.7 Å². The van der Waals surface area contributed by atoms with Gasteiger partial charge in [-0.15, -0.1) is 0 Å². The van der Waals surface area contributed by atoms with Crippen LogP contribution in [-0.2, 0) is 9.30 Å². The average Bonchev–Trinajstić information content (AvgIpc) is 1.02. The van der Waals surface area contributed by atoms with Gasteiger partial charge < -0.3 is 50.4 Å². The maximum atomic E-state index is 13.6. The van der Waals surface area contributed by atoms with Crippen LogP contribution in [0, 0.1) is 34.3 Å². The number of benzene rings is 5. The number of aromatic nitrogens is 8. The zero-order valence-corrected chi connectivity index (χ0v) is 71.3. The van der Waals surface area contributed by atoms with Crippen LogP contribution in [0.1, 0.15) is 24.2 Å². The number of aromatic amines is 1. The van der Waals surface area contributed by atoms with Crippen LogP contribution in [0.4, 0.5) is 14.6 Å². The van der Waals surface area contributed by atoms with Crippen molar-refractivity contribution in [2.45, 2.75) is 12.8 Å². The van der Waals surface area contributed by atoms with E-state index in [-0.39, 0.29) is 84.3 Å². The van der Waals surface area contributed by atoms with Gasteiger partial charge in [0.1, 0.15) is 46.0 Å². The van der Waals surface area contributed by atoms with Crippen molar-refractivity contribution in [1.29, 1.82) is 10.5 Å². The third-order valence-corrected chi connectivity index (χ3v) is 17.5. The molecule has 36 heteroatoms. The minimum absolute atomic E-state index is 0. The second-order valence-corrected chi connectivity index (χ2v) is 32.8. The minimum atomic E-state index is -3.22. The fraction of sp³-hybridized carbons (Fsp3) is 0.200. The summed E-state index contributed by atoms with van der Waals surface area (Å²) >= 11 is 54.5. The number of likely N-dealkylation sites (N-methyl/N-ethyl adjacent to an activating group) is 2. The molecule has 13 aromatic rings. The van der Waals surface area contributed by atoms with Crippen LogP contribution in [0.15, 0.2) is 187 Å². The van der Waals surface area contributed by atoms with Crippen molar-refractivity contribution in [2.75, 3.05) is 91.7 Å². The van der Waals surface area contributed by atoms with Crippen LogP contribution >= 0.6 is 120 Å². The van der Waals surface area contributed by atoms with E-state index in [0.717, 1.165) is 131 Å². The van der Waals surface area contributed by atoms with Gasteiger partial charge in [-0.25, -0.2) is 28.7 Å². The van der Waals surface area contributed by atoms with Crippen molar-refractivity contribution in [3.63, 3.8) is 0 Å². The number of rotatable bonds is 3. The van der Waals surface area contributed by atoms with Crippen molar-refractivity contribution in [3.05, 3.63) is 251 Å². The van der Waals surface area contributed by atoms with Crippen LogP contribution in [-0.4, -0.2) is 164 Å². The van der Waals surface area contributed by atoms with Crippen molar-refractivity contribution in [1.82, 2.24) is 55.0 Å². The topological polar surface area (TPSA) is 309 Å². The number of piperazine rings is 2. The molecular formula is C75H69BCl10F2KN14O7P. The molecule has 5 aromatic carbocycles. The number of nitriles is 2. The summed E-state index contributed by atoms with van der Waals surface area (Å²) in [6.07, 6.45) is 10.7. The molecular weight excluding hydrogens is 1680 g/mol. The molecule has 111 heavy (non-hydrogen) atoms. The number of aliphatic hydroxyl groups excluding tert-OH is 1. The summed E-state index contributed by atoms with van der Waals surface area (Å²) in [6, 6.07) is 46.9. The zero-order valence-electron chi connectivity index (χ0n) is 59.7. The van der Waals surface area contributed by atoms with E-state index in [2.05, 4.69) is 109 Å². The summed E-state index contributed by atoms with van der Waals surface area (Å²) in [5.41, 5.74) is 5.52. The van der Waals surface area contributed by atoms with Crippen LogP contribution < -0.4 is 72.6 Å². The first-order valence-corrected chi connectivity index (χ1v) is 39.9. The zero-order chi connectivity index (χ0) is 79.2. The van der Waals surface area contributed by atoms with E-state index in [1.54, 1.807) is 60.9 Å². The van der Waals surface area contributed by atoms with Crippen LogP contribution in [0.25, 0.3) is 76.5 Å². The molecule has 0 atom stereocenters. The molecule has 21 nitrogen and oxygen atoms in total. The van der Waals surface area contributed by atoms with Gasteiger partial charge in [-0.3, -0.25) is 24.3 Å². The first-order valence-electron chi connectivity index (χ1n) is 32.9. The van der Waals surface area contributed by atoms with E-state index in [0.29, 0.717) is 46.9 Å². The SMILES string of the molecule is C1CCOC1.CN1CCN(c2nc3cc(Cl)ccc3c3cccnc23)CC1.CN1CCNCC1.CO.Clc1ccc2c(c1)nc(Cl)c1ncccc12.N#Cc1ncccc1-c1ccc(Cl)cc1F.N#Cc1ncccc1Cl.O=P(Cl)(Cl)Cl.O=c1[nH]c2cc(Cl)ccc2c2cccnc12.OB(O)c1ccc(Cl)cc1F.[K+].[OH-]. The first-order chi connectivity index (χ1) is 52.3. The molecule has 3 aliphatic heterocycles. The van der Waals surface area contributed by atoms with Crippen molar-refractivity contribution in [3.8, 4) is 23.3 Å². The molecule has 3 aliphatic rings. The summed E-state index contributed by atoms with van der Waals surface area (Å²) < 4.78 is 40.8. The number of nitrogens with zero attached hydrogens (tertiary/aromatic N) is 12. The Balaban J connectivity index is 0.000000230. The molecule has 6 N–H and O–H groups in total. The van der Waals surface area contributed by atoms with Gasteiger partial charge in [0.2, 0.25) is 0 Å². The number of H-pyrrole nitrogens is 1. The Morgan fingerprint density at radius 1 is 0.523 bits per heavy atom. The quantitative estimate of drug-likeness (QED) is 0.0475. The number of hydrogen-bond acceptors (Lipinski definition) is 20. The molecule has 574 valence electrons. The molecule has 3 saturated heterocycles. The number of anilines is 1. The number of fused-ring (bicyclic) bond motifs is 9. The number of ether oxygens (including phenoxy) is 1. The third kappa shape index (κ3) is 30.2. The van der Waals surface area contributed by atoms with Gasteiger partial charge in [-0.2, -0.15) is 10.5 Å². The molecule has 0 radical (unpaired) electrons. The monoisotopic (exact) mass is 1750 g/mol. The summed E-state index contributed by atoms with van der Waals surface area (Å²) in [7, 11) is 3.52. The molecule has 16 rings (SSSR count). The first kappa shape index (κ1) is 95.4. The Bertz CT molecular complexity index is 5390. The smallest absolute Gasteiger partial charge is 0.870 e. The number of hydrogen-bond donors (Lipinski definition) is 5. The predicted octanol–water partition coefficient (Wildman–Crippen LogP) is 14.8. The Morgan fingerprint density at radius 2 is 0.964 bits per heavy atom. The minimum Gasteiger partial charge on any atom is -0.870 e. The van der Waals surface area contributed by atoms with Crippen molar-refractivity contribution < 1.29 is 90.1 Å². The standard InChI is InChI=1S/C17H17ClN4.C12H6Cl2N2.C12H6ClFN2.C12H7ClN2O.C6H5BClFO2.C6H3ClN2.C5H12N2.C4H8O.CH4O.Cl3OP.K.H2O/c1-21-7-9-22(10-8-21)17-16-14(3-2-6-19-16)13-5-4-12(18)11-15(13)20-17;13-7-3-4-8-9-2-1-5-15-11(9)12(14)16-10(8)6-7;13-8-3-4-9(11(14)6-8)10-2-1-5-16-12(10)7-15;13-7-3-4-8-9-2-1-5-14-11(9)12(16)15-10(8)6-7;8-4-1-2-5(7(10)11)6(9)3-4;7-5-2-1-3-9-6(5)4-8;1-7-4-2-6-3-5-7;1-2-4-5-3-1;1-2;1-5(2,3)4;;/h2-6,11H,7-10H2,1H3;2*1-6H;1-6H,(H,15,16);1-3,10-11H;1-3H;6H,2-5H2,1H3;1-4H2;2H,1H3;;;1H2/q;;;;;;;;;;+1;/p-1. The molecule has 0 amide bonds. The number of halogens is 12. The summed E-state index contributed by atoms with van der Waals surface area (Å²) in [6.45, 7) is 10.8. The number of nitrogens with one attached hydrogen (secondary N) is 2. The molecule has 0 saturated carbocycles. The molecule has 8 aromatic heterocycles. The number of aliphatic hydroxyl groups is 1. The van der Waals surface area contributed by atoms with Gasteiger partial charge in [0.05, 0.1) is 21.6 Å². The molecule has 0 unspecified atom stereocenters. The van der Waals surface area contributed by atoms with E-state index in [9.17, 15) is 18.1 Å². The summed E-state index contributed by atoms with van der Waals surface area (Å²) in [4.78, 5) is 51.1. The summed E-state index contributed by atoms with van der Waals surface area (Å²) in [5, 5.41) is 50.7. The van der Waals surface area contributed by atoms with Gasteiger partial charge in [-0.1, -0.05) is 124 Å². The Kier molecular flexibility index (Phi) is 42.0. The number of pyridine rings is 8. The molecule has 0 spiro atoms. The molecule has 11 heterocycles. The molecule has 3 fully saturated rings. The summed E-state index contributed by atoms with van der Waals surface area (Å²) in [5.74, 6) is -0.206. The van der Waals surface area contributed by atoms with E-state index in [4.69, 9.17) is 117 Å². The van der Waals surface area contributed by atoms with E-state index < -0.39 is 24.0 Å². The normalized spacial score (nSPS) is 12.8. The van der Waals surface area contributed by atoms with Crippen molar-refractivity contribution in [2.24, 2.45) is 0 Å². The average molecular weight is 1750 g/mol. The fourth-order valence-corrected chi connectivity index (χ4v) is 11.8. The maximum Gasteiger partial charge on any atom is 1.00 e. The second kappa shape index (κ2) is 48.9. The molecule has 0 aliphatic carbocycles. The second-order valence-electron chi connectivity index (χ2n) is 23.2. The predicted molar refractivity (Wildman–Crippen MR) is 444 cm³/mol. The van der Waals surface area contributed by atoms with E-state index in [1.807, 2.05) is 85.1 Å². The van der Waals surface area contributed by atoms with Crippen LogP contribution in [0.3, 0.4) is 0 Å². The van der Waals surface area contributed by atoms with Crippen LogP contribution in [0.2, 0.25) is 35.3 Å². The van der Waals surface area contributed by atoms with Gasteiger partial charge in [0, 0.05) is 178 Å². The van der Waals surface area contributed by atoms with Gasteiger partial charge in [0.25, 0.3) is 5.56 Å². The fourth-order valence-electron chi connectivity index (χ4n) is 10.5. The van der Waals surface area contributed by atoms with Gasteiger partial charge in [-0.05, 0) is 170 Å². The Hall–Kier alpha value is -6.19. The largest absolute Gasteiger partial charge is 1.00 e. The van der Waals surface area contributed by atoms with E-state index >= 15 is 0 Å². The van der Waals surface area contributed by atoms with E-state index in [1.165, 1.54) is 62.6 Å². The molecule has 0 bridgehead atoms. The maximum absolute atomic E-state index is 13.6. The van der Waals surface area contributed by atoms with Gasteiger partial charge >= 0.3 is 63.7 Å². The van der Waals surface area contributed by atoms with Crippen LogP contribution in [0.5, 0.6) is 0 Å². The van der Waals surface area contributed by atoms with Crippen molar-refractivity contribution >= 4 is 204 Å². The Morgan fingerprint density at radius 3 is 1.46 bits per heavy atom. The third-order valence-electron chi connectivity index (χ3n) is 15.7.